The molecule has 129 valence electrons. The van der Waals surface area contributed by atoms with Gasteiger partial charge in [-0.15, -0.1) is 0 Å². The monoisotopic (exact) mass is 340 g/mol. The first kappa shape index (κ1) is 16.6. The van der Waals surface area contributed by atoms with E-state index in [1.165, 1.54) is 17.0 Å². The average Bonchev–Trinajstić information content (AvgIpc) is 3.20. The van der Waals surface area contributed by atoms with Crippen LogP contribution in [0.4, 0.5) is 0 Å². The average molecular weight is 340 g/mol. The third-order valence-corrected chi connectivity index (χ3v) is 4.69. The molecule has 1 aliphatic rings. The van der Waals surface area contributed by atoms with E-state index in [0.29, 0.717) is 6.61 Å². The van der Waals surface area contributed by atoms with Gasteiger partial charge in [-0.2, -0.15) is 0 Å². The lowest BCUT2D eigenvalue weighted by molar-refractivity contribution is 0.317. The lowest BCUT2D eigenvalue weighted by atomic mass is 9.87. The van der Waals surface area contributed by atoms with Gasteiger partial charge in [0.15, 0.2) is 0 Å². The number of aliphatic imine (C=N–C) groups is 1. The lowest BCUT2D eigenvalue weighted by Gasteiger charge is -2.20. The van der Waals surface area contributed by atoms with E-state index in [2.05, 4.69) is 72.8 Å². The summed E-state index contributed by atoms with van der Waals surface area (Å²) in [5.41, 5.74) is 3.69. The summed E-state index contributed by atoms with van der Waals surface area (Å²) >= 11 is 0. The van der Waals surface area contributed by atoms with E-state index in [-0.39, 0.29) is 6.04 Å². The highest BCUT2D eigenvalue weighted by Crippen LogP contribution is 2.26. The van der Waals surface area contributed by atoms with Crippen molar-refractivity contribution in [1.82, 2.24) is 0 Å². The zero-order valence-corrected chi connectivity index (χ0v) is 14.7. The van der Waals surface area contributed by atoms with Crippen LogP contribution in [0.2, 0.25) is 0 Å². The van der Waals surface area contributed by atoms with Gasteiger partial charge in [0.25, 0.3) is 0 Å². The van der Waals surface area contributed by atoms with Crippen molar-refractivity contribution in [2.24, 2.45) is 4.99 Å². The van der Waals surface area contributed by atoms with Crippen LogP contribution in [0.5, 0.6) is 0 Å². The molecule has 3 aromatic rings. The van der Waals surface area contributed by atoms with Crippen LogP contribution >= 0.6 is 0 Å². The van der Waals surface area contributed by atoms with Crippen LogP contribution in [0.25, 0.3) is 0 Å². The van der Waals surface area contributed by atoms with Crippen LogP contribution in [0.1, 0.15) is 16.7 Å². The Bertz CT molecular complexity index is 802. The standard InChI is InChI=1S/C24H22NO/c1-4-10-19(11-5-1)16-22(17-20-12-6-2-7-13-20)23-18-26-24(25-23)21-14-8-3-9-15-21/h1-15,23H,16-18H2/t23-/m0/s1. The Labute approximate surface area is 155 Å². The maximum Gasteiger partial charge on any atom is 0.216 e. The van der Waals surface area contributed by atoms with Crippen LogP contribution in [0, 0.1) is 5.92 Å². The highest BCUT2D eigenvalue weighted by Gasteiger charge is 2.29. The lowest BCUT2D eigenvalue weighted by Crippen LogP contribution is -2.22. The van der Waals surface area contributed by atoms with Crippen molar-refractivity contribution < 1.29 is 4.74 Å². The van der Waals surface area contributed by atoms with E-state index in [1.807, 2.05) is 18.2 Å². The van der Waals surface area contributed by atoms with Gasteiger partial charge < -0.3 is 4.74 Å². The van der Waals surface area contributed by atoms with Crippen molar-refractivity contribution >= 4 is 5.90 Å². The van der Waals surface area contributed by atoms with Gasteiger partial charge in [-0.05, 0) is 36.1 Å². The zero-order chi connectivity index (χ0) is 17.6. The van der Waals surface area contributed by atoms with Crippen LogP contribution < -0.4 is 0 Å². The summed E-state index contributed by atoms with van der Waals surface area (Å²) in [7, 11) is 0. The van der Waals surface area contributed by atoms with Crippen molar-refractivity contribution in [2.45, 2.75) is 18.9 Å². The molecule has 4 rings (SSSR count). The first-order chi connectivity index (χ1) is 12.9. The minimum atomic E-state index is 0.102. The second-order valence-electron chi connectivity index (χ2n) is 6.61. The quantitative estimate of drug-likeness (QED) is 0.626. The maximum absolute atomic E-state index is 5.94. The minimum absolute atomic E-state index is 0.102. The van der Waals surface area contributed by atoms with Gasteiger partial charge in [-0.25, -0.2) is 4.99 Å². The summed E-state index contributed by atoms with van der Waals surface area (Å²) in [4.78, 5) is 4.91. The molecule has 0 bridgehead atoms. The van der Waals surface area contributed by atoms with E-state index in [4.69, 9.17) is 9.73 Å². The molecule has 1 heterocycles. The van der Waals surface area contributed by atoms with Crippen LogP contribution in [-0.2, 0) is 17.6 Å². The summed E-state index contributed by atoms with van der Waals surface area (Å²) < 4.78 is 5.94. The summed E-state index contributed by atoms with van der Waals surface area (Å²) in [6, 6.07) is 31.5. The van der Waals surface area contributed by atoms with Crippen molar-refractivity contribution in [2.75, 3.05) is 6.61 Å². The second kappa shape index (κ2) is 8.01. The Morgan fingerprint density at radius 2 is 1.23 bits per heavy atom. The second-order valence-corrected chi connectivity index (χ2v) is 6.61. The number of benzene rings is 3. The molecule has 0 spiro atoms. The van der Waals surface area contributed by atoms with Gasteiger partial charge in [-0.1, -0.05) is 78.9 Å². The number of rotatable bonds is 6. The Hall–Kier alpha value is -2.87. The normalized spacial score (nSPS) is 16.3. The van der Waals surface area contributed by atoms with Crippen molar-refractivity contribution in [3.05, 3.63) is 114 Å². The fraction of sp³-hybridized carbons (Fsp3) is 0.167. The molecular formula is C24H22NO. The predicted molar refractivity (Wildman–Crippen MR) is 106 cm³/mol. The van der Waals surface area contributed by atoms with Gasteiger partial charge >= 0.3 is 0 Å². The molecule has 0 N–H and O–H groups in total. The van der Waals surface area contributed by atoms with Gasteiger partial charge in [0.2, 0.25) is 5.90 Å². The first-order valence-electron chi connectivity index (χ1n) is 9.07. The molecule has 1 atom stereocenters. The summed E-state index contributed by atoms with van der Waals surface area (Å²) in [5, 5.41) is 0. The Kier molecular flexibility index (Phi) is 5.11. The van der Waals surface area contributed by atoms with Gasteiger partial charge in [0, 0.05) is 11.5 Å². The summed E-state index contributed by atoms with van der Waals surface area (Å²) in [6.07, 6.45) is 1.85. The molecular weight excluding hydrogens is 318 g/mol. The molecule has 3 aromatic carbocycles. The summed E-state index contributed by atoms with van der Waals surface area (Å²) in [6.45, 7) is 0.624. The maximum atomic E-state index is 5.94. The molecule has 2 heteroatoms. The Balaban J connectivity index is 1.57. The Morgan fingerprint density at radius 3 is 1.77 bits per heavy atom. The zero-order valence-electron chi connectivity index (χ0n) is 14.7. The number of hydrogen-bond acceptors (Lipinski definition) is 2. The highest BCUT2D eigenvalue weighted by molar-refractivity contribution is 5.95. The van der Waals surface area contributed by atoms with E-state index in [1.54, 1.807) is 0 Å². The van der Waals surface area contributed by atoms with Crippen LogP contribution in [0.3, 0.4) is 0 Å². The molecule has 2 nitrogen and oxygen atoms in total. The molecule has 0 amide bonds. The minimum Gasteiger partial charge on any atom is -0.475 e. The highest BCUT2D eigenvalue weighted by atomic mass is 16.5. The van der Waals surface area contributed by atoms with Crippen molar-refractivity contribution in [1.29, 1.82) is 0 Å². The van der Waals surface area contributed by atoms with Gasteiger partial charge in [0.1, 0.15) is 6.61 Å². The van der Waals surface area contributed by atoms with Crippen LogP contribution in [-0.4, -0.2) is 18.5 Å². The fourth-order valence-electron chi connectivity index (χ4n) is 3.34. The molecule has 0 saturated heterocycles. The largest absolute Gasteiger partial charge is 0.475 e. The van der Waals surface area contributed by atoms with Crippen molar-refractivity contribution in [3.8, 4) is 0 Å². The molecule has 0 unspecified atom stereocenters. The third kappa shape index (κ3) is 4.02. The third-order valence-electron chi connectivity index (χ3n) is 4.69. The Morgan fingerprint density at radius 1 is 0.731 bits per heavy atom. The number of ether oxygens (including phenoxy) is 1. The van der Waals surface area contributed by atoms with Gasteiger partial charge in [0.05, 0.1) is 6.04 Å². The smallest absolute Gasteiger partial charge is 0.216 e. The number of nitrogens with zero attached hydrogens (tertiary/aromatic N) is 1. The molecule has 0 aromatic heterocycles. The SMILES string of the molecule is c1ccc(C[C](Cc2ccccc2)[C@@H]2COC(c3ccccc3)=N2)cc1. The molecule has 26 heavy (non-hydrogen) atoms. The predicted octanol–water partition coefficient (Wildman–Crippen LogP) is 4.89. The molecule has 0 aliphatic carbocycles. The van der Waals surface area contributed by atoms with E-state index >= 15 is 0 Å². The summed E-state index contributed by atoms with van der Waals surface area (Å²) in [5.74, 6) is 2.16. The van der Waals surface area contributed by atoms with Crippen molar-refractivity contribution in [3.63, 3.8) is 0 Å². The molecule has 0 saturated carbocycles. The topological polar surface area (TPSA) is 21.6 Å². The molecule has 0 fully saturated rings. The van der Waals surface area contributed by atoms with E-state index in [9.17, 15) is 0 Å². The van der Waals surface area contributed by atoms with Crippen LogP contribution in [0.15, 0.2) is 96.0 Å². The first-order valence-corrected chi connectivity index (χ1v) is 9.07. The van der Waals surface area contributed by atoms with E-state index in [0.717, 1.165) is 24.3 Å². The molecule has 1 radical (unpaired) electrons. The van der Waals surface area contributed by atoms with Gasteiger partial charge in [-0.3, -0.25) is 0 Å². The fourth-order valence-corrected chi connectivity index (χ4v) is 3.34. The number of hydrogen-bond donors (Lipinski definition) is 0. The molecule has 1 aliphatic heterocycles. The van der Waals surface area contributed by atoms with E-state index < -0.39 is 0 Å².